The first-order valence-electron chi connectivity index (χ1n) is 6.86. The number of hydrogen-bond donors (Lipinski definition) is 1. The Bertz CT molecular complexity index is 692. The number of aromatic amines is 1. The first-order chi connectivity index (χ1) is 9.93. The third kappa shape index (κ3) is 3.68. The maximum absolute atomic E-state index is 12.5. The number of aryl methyl sites for hydroxylation is 2. The molecule has 0 saturated carbocycles. The van der Waals surface area contributed by atoms with Crippen molar-refractivity contribution in [2.45, 2.75) is 38.1 Å². The highest BCUT2D eigenvalue weighted by Gasteiger charge is 2.22. The molecule has 0 atom stereocenters. The standard InChI is InChI=1S/C14H20N4O2S/c1-4-5-12-6-8-13(9-7-12)21(19,20)18(3)10-14-15-11(2)16-17-14/h6-9H,4-5,10H2,1-3H3,(H,15,16,17). The van der Waals surface area contributed by atoms with Crippen molar-refractivity contribution in [3.8, 4) is 0 Å². The molecule has 7 heteroatoms. The second-order valence-electron chi connectivity index (χ2n) is 4.99. The molecule has 0 saturated heterocycles. The van der Waals surface area contributed by atoms with E-state index in [9.17, 15) is 8.42 Å². The molecule has 0 spiro atoms. The van der Waals surface area contributed by atoms with E-state index in [1.165, 1.54) is 11.4 Å². The maximum Gasteiger partial charge on any atom is 0.243 e. The summed E-state index contributed by atoms with van der Waals surface area (Å²) >= 11 is 0. The number of H-pyrrole nitrogens is 1. The van der Waals surface area contributed by atoms with E-state index >= 15 is 0 Å². The first kappa shape index (κ1) is 15.7. The zero-order chi connectivity index (χ0) is 15.5. The normalized spacial score (nSPS) is 12.0. The predicted octanol–water partition coefficient (Wildman–Crippen LogP) is 1.89. The van der Waals surface area contributed by atoms with E-state index < -0.39 is 10.0 Å². The van der Waals surface area contributed by atoms with Gasteiger partial charge in [0.15, 0.2) is 5.82 Å². The van der Waals surface area contributed by atoms with E-state index in [4.69, 9.17) is 0 Å². The van der Waals surface area contributed by atoms with E-state index in [-0.39, 0.29) is 11.4 Å². The molecule has 0 radical (unpaired) electrons. The fourth-order valence-corrected chi connectivity index (χ4v) is 3.17. The molecule has 21 heavy (non-hydrogen) atoms. The van der Waals surface area contributed by atoms with Crippen molar-refractivity contribution in [1.29, 1.82) is 0 Å². The molecule has 0 bridgehead atoms. The van der Waals surface area contributed by atoms with Gasteiger partial charge in [0, 0.05) is 7.05 Å². The van der Waals surface area contributed by atoms with Gasteiger partial charge in [-0.3, -0.25) is 5.10 Å². The van der Waals surface area contributed by atoms with Gasteiger partial charge < -0.3 is 0 Å². The van der Waals surface area contributed by atoms with Gasteiger partial charge in [0.05, 0.1) is 11.4 Å². The average Bonchev–Trinajstić information content (AvgIpc) is 2.85. The van der Waals surface area contributed by atoms with Gasteiger partial charge in [0.1, 0.15) is 5.82 Å². The molecular weight excluding hydrogens is 288 g/mol. The number of sulfonamides is 1. The van der Waals surface area contributed by atoms with Crippen molar-refractivity contribution < 1.29 is 8.42 Å². The van der Waals surface area contributed by atoms with E-state index in [1.54, 1.807) is 19.1 Å². The van der Waals surface area contributed by atoms with Gasteiger partial charge in [-0.25, -0.2) is 13.4 Å². The van der Waals surface area contributed by atoms with Gasteiger partial charge in [0.25, 0.3) is 0 Å². The molecule has 1 aromatic carbocycles. The van der Waals surface area contributed by atoms with Gasteiger partial charge in [-0.15, -0.1) is 0 Å². The third-order valence-corrected chi connectivity index (χ3v) is 5.00. The summed E-state index contributed by atoms with van der Waals surface area (Å²) in [6, 6.07) is 7.03. The van der Waals surface area contributed by atoms with Crippen molar-refractivity contribution in [2.75, 3.05) is 7.05 Å². The molecule has 0 aliphatic heterocycles. The molecule has 0 fully saturated rings. The summed E-state index contributed by atoms with van der Waals surface area (Å²) < 4.78 is 26.2. The summed E-state index contributed by atoms with van der Waals surface area (Å²) in [5, 5.41) is 6.66. The number of hydrogen-bond acceptors (Lipinski definition) is 4. The molecule has 2 rings (SSSR count). The minimum Gasteiger partial charge on any atom is -0.263 e. The summed E-state index contributed by atoms with van der Waals surface area (Å²) in [5.74, 6) is 1.13. The van der Waals surface area contributed by atoms with E-state index in [0.29, 0.717) is 11.6 Å². The first-order valence-corrected chi connectivity index (χ1v) is 8.30. The fourth-order valence-electron chi connectivity index (χ4n) is 2.04. The molecule has 0 aliphatic rings. The van der Waals surface area contributed by atoms with Gasteiger partial charge in [-0.1, -0.05) is 25.5 Å². The molecular formula is C14H20N4O2S. The van der Waals surface area contributed by atoms with Crippen LogP contribution in [0.4, 0.5) is 0 Å². The number of nitrogens with one attached hydrogen (secondary N) is 1. The van der Waals surface area contributed by atoms with Crippen LogP contribution < -0.4 is 0 Å². The van der Waals surface area contributed by atoms with Crippen LogP contribution in [0.5, 0.6) is 0 Å². The number of aromatic nitrogens is 3. The Morgan fingerprint density at radius 3 is 2.43 bits per heavy atom. The molecule has 6 nitrogen and oxygen atoms in total. The number of benzene rings is 1. The molecule has 1 heterocycles. The smallest absolute Gasteiger partial charge is 0.243 e. The van der Waals surface area contributed by atoms with Crippen LogP contribution in [0.2, 0.25) is 0 Å². The Labute approximate surface area is 125 Å². The lowest BCUT2D eigenvalue weighted by molar-refractivity contribution is 0.457. The van der Waals surface area contributed by atoms with E-state index in [2.05, 4.69) is 22.1 Å². The Morgan fingerprint density at radius 1 is 1.24 bits per heavy atom. The van der Waals surface area contributed by atoms with Gasteiger partial charge in [-0.05, 0) is 31.0 Å². The Hall–Kier alpha value is -1.73. The summed E-state index contributed by atoms with van der Waals surface area (Å²) in [7, 11) is -1.99. The minimum atomic E-state index is -3.52. The largest absolute Gasteiger partial charge is 0.263 e. The average molecular weight is 308 g/mol. The van der Waals surface area contributed by atoms with Crippen molar-refractivity contribution in [3.63, 3.8) is 0 Å². The quantitative estimate of drug-likeness (QED) is 0.884. The van der Waals surface area contributed by atoms with Crippen molar-refractivity contribution in [1.82, 2.24) is 19.5 Å². The highest BCUT2D eigenvalue weighted by molar-refractivity contribution is 7.89. The summed E-state index contributed by atoms with van der Waals surface area (Å²) in [4.78, 5) is 4.41. The van der Waals surface area contributed by atoms with Gasteiger partial charge in [-0.2, -0.15) is 9.40 Å². The molecule has 114 valence electrons. The Morgan fingerprint density at radius 2 is 1.90 bits per heavy atom. The molecule has 0 aliphatic carbocycles. The third-order valence-electron chi connectivity index (χ3n) is 3.18. The van der Waals surface area contributed by atoms with Crippen molar-refractivity contribution in [2.24, 2.45) is 0 Å². The lowest BCUT2D eigenvalue weighted by Gasteiger charge is -2.15. The van der Waals surface area contributed by atoms with E-state index in [0.717, 1.165) is 18.4 Å². The summed E-state index contributed by atoms with van der Waals surface area (Å²) in [6.07, 6.45) is 1.99. The van der Waals surface area contributed by atoms with Gasteiger partial charge in [0.2, 0.25) is 10.0 Å². The lowest BCUT2D eigenvalue weighted by atomic mass is 10.1. The van der Waals surface area contributed by atoms with Crippen molar-refractivity contribution >= 4 is 10.0 Å². The van der Waals surface area contributed by atoms with Crippen LogP contribution in [0, 0.1) is 6.92 Å². The van der Waals surface area contributed by atoms with Crippen LogP contribution in [-0.4, -0.2) is 35.0 Å². The van der Waals surface area contributed by atoms with Crippen molar-refractivity contribution in [3.05, 3.63) is 41.5 Å². The number of nitrogens with zero attached hydrogens (tertiary/aromatic N) is 3. The summed E-state index contributed by atoms with van der Waals surface area (Å²) in [6.45, 7) is 4.01. The van der Waals surface area contributed by atoms with Crippen LogP contribution in [0.3, 0.4) is 0 Å². The molecule has 2 aromatic rings. The van der Waals surface area contributed by atoms with Crippen LogP contribution >= 0.6 is 0 Å². The molecule has 1 aromatic heterocycles. The Kier molecular flexibility index (Phi) is 4.74. The highest BCUT2D eigenvalue weighted by atomic mass is 32.2. The molecule has 0 unspecified atom stereocenters. The topological polar surface area (TPSA) is 79.0 Å². The highest BCUT2D eigenvalue weighted by Crippen LogP contribution is 2.17. The predicted molar refractivity (Wildman–Crippen MR) is 80.2 cm³/mol. The molecule has 1 N–H and O–H groups in total. The van der Waals surface area contributed by atoms with E-state index in [1.807, 2.05) is 12.1 Å². The van der Waals surface area contributed by atoms with Gasteiger partial charge >= 0.3 is 0 Å². The zero-order valence-corrected chi connectivity index (χ0v) is 13.3. The maximum atomic E-state index is 12.5. The Balaban J connectivity index is 2.16. The zero-order valence-electron chi connectivity index (χ0n) is 12.5. The SMILES string of the molecule is CCCc1ccc(S(=O)(=O)N(C)Cc2n[nH]c(C)n2)cc1. The minimum absolute atomic E-state index is 0.142. The van der Waals surface area contributed by atoms with Crippen LogP contribution in [0.1, 0.15) is 30.6 Å². The second kappa shape index (κ2) is 6.36. The van der Waals surface area contributed by atoms with Crippen LogP contribution in [0.25, 0.3) is 0 Å². The molecule has 0 amide bonds. The number of rotatable bonds is 6. The van der Waals surface area contributed by atoms with Crippen LogP contribution in [0.15, 0.2) is 29.2 Å². The van der Waals surface area contributed by atoms with Crippen LogP contribution in [-0.2, 0) is 23.0 Å². The second-order valence-corrected chi connectivity index (χ2v) is 7.04. The summed E-state index contributed by atoms with van der Waals surface area (Å²) in [5.41, 5.74) is 1.14. The fraction of sp³-hybridized carbons (Fsp3) is 0.429. The monoisotopic (exact) mass is 308 g/mol. The lowest BCUT2D eigenvalue weighted by Crippen LogP contribution is -2.27.